The molecule has 0 N–H and O–H groups in total. The summed E-state index contributed by atoms with van der Waals surface area (Å²) in [5.74, 6) is 0. The number of sulfonamides is 1. The Morgan fingerprint density at radius 2 is 2.00 bits per heavy atom. The maximum atomic E-state index is 12.4. The first-order valence-corrected chi connectivity index (χ1v) is 8.24. The lowest BCUT2D eigenvalue weighted by atomic mass is 10.2. The van der Waals surface area contributed by atoms with Crippen LogP contribution in [0.4, 0.5) is 0 Å². The van der Waals surface area contributed by atoms with E-state index in [0.717, 1.165) is 12.8 Å². The fraction of sp³-hybridized carbons (Fsp3) is 0.545. The number of halogens is 2. The average Bonchev–Trinajstić information content (AvgIpc) is 2.33. The zero-order valence-corrected chi connectivity index (χ0v) is 13.7. The largest absolute Gasteiger partial charge is 0.246 e. The maximum absolute atomic E-state index is 12.4. The van der Waals surface area contributed by atoms with Crippen LogP contribution in [0.5, 0.6) is 0 Å². The molecule has 0 aliphatic rings. The predicted octanol–water partition coefficient (Wildman–Crippen LogP) is 3.31. The molecule has 0 radical (unpaired) electrons. The van der Waals surface area contributed by atoms with Crippen LogP contribution in [0.15, 0.2) is 21.6 Å². The van der Waals surface area contributed by atoms with Gasteiger partial charge < -0.3 is 0 Å². The quantitative estimate of drug-likeness (QED) is 0.761. The van der Waals surface area contributed by atoms with Crippen LogP contribution in [-0.2, 0) is 10.0 Å². The lowest BCUT2D eigenvalue weighted by Gasteiger charge is -2.25. The fourth-order valence-corrected chi connectivity index (χ4v) is 4.16. The zero-order chi connectivity index (χ0) is 13.9. The van der Waals surface area contributed by atoms with Gasteiger partial charge in [-0.3, -0.25) is 0 Å². The van der Waals surface area contributed by atoms with E-state index in [-0.39, 0.29) is 16.1 Å². The lowest BCUT2D eigenvalue weighted by molar-refractivity contribution is 0.349. The highest BCUT2D eigenvalue weighted by atomic mass is 79.9. The second-order valence-electron chi connectivity index (χ2n) is 3.93. The second kappa shape index (κ2) is 6.32. The van der Waals surface area contributed by atoms with Crippen molar-refractivity contribution in [3.05, 3.63) is 21.9 Å². The van der Waals surface area contributed by atoms with Gasteiger partial charge >= 0.3 is 0 Å². The molecule has 1 heterocycles. The number of hydrogen-bond donors (Lipinski definition) is 0. The Labute approximate surface area is 122 Å². The predicted molar refractivity (Wildman–Crippen MR) is 76.3 cm³/mol. The summed E-state index contributed by atoms with van der Waals surface area (Å²) in [5, 5.41) is -0.00370. The van der Waals surface area contributed by atoms with Crippen molar-refractivity contribution in [3.8, 4) is 0 Å². The number of nitrogens with zero attached hydrogens (tertiary/aromatic N) is 2. The van der Waals surface area contributed by atoms with Gasteiger partial charge in [0.15, 0.2) is 0 Å². The van der Waals surface area contributed by atoms with Crippen molar-refractivity contribution in [2.24, 2.45) is 0 Å². The third kappa shape index (κ3) is 3.23. The molecule has 4 nitrogen and oxygen atoms in total. The molecule has 1 aromatic heterocycles. The third-order valence-electron chi connectivity index (χ3n) is 2.89. The molecular weight excluding hydrogens is 340 g/mol. The molecule has 0 fully saturated rings. The summed E-state index contributed by atoms with van der Waals surface area (Å²) in [4.78, 5) is 3.89. The Kier molecular flexibility index (Phi) is 5.58. The first-order chi connectivity index (χ1) is 8.34. The highest BCUT2D eigenvalue weighted by molar-refractivity contribution is 9.10. The summed E-state index contributed by atoms with van der Waals surface area (Å²) in [6, 6.07) is 1.44. The third-order valence-corrected chi connectivity index (χ3v) is 5.66. The summed E-state index contributed by atoms with van der Waals surface area (Å²) in [6.07, 6.45) is 2.98. The van der Waals surface area contributed by atoms with E-state index >= 15 is 0 Å². The molecule has 18 heavy (non-hydrogen) atoms. The van der Waals surface area contributed by atoms with Gasteiger partial charge in [-0.1, -0.05) is 25.4 Å². The highest BCUT2D eigenvalue weighted by Crippen LogP contribution is 2.27. The molecule has 0 saturated carbocycles. The Hall–Kier alpha value is -0.170. The molecule has 1 aromatic rings. The second-order valence-corrected chi connectivity index (χ2v) is 7.17. The Morgan fingerprint density at radius 1 is 1.44 bits per heavy atom. The molecule has 0 bridgehead atoms. The van der Waals surface area contributed by atoms with Gasteiger partial charge in [-0.25, -0.2) is 13.4 Å². The molecule has 0 saturated heterocycles. The van der Waals surface area contributed by atoms with Crippen LogP contribution in [0.25, 0.3) is 0 Å². The monoisotopic (exact) mass is 354 g/mol. The summed E-state index contributed by atoms with van der Waals surface area (Å²) < 4.78 is 26.8. The van der Waals surface area contributed by atoms with E-state index in [0.29, 0.717) is 4.47 Å². The van der Waals surface area contributed by atoms with E-state index in [1.165, 1.54) is 16.6 Å². The minimum absolute atomic E-state index is 0.00370. The van der Waals surface area contributed by atoms with Crippen LogP contribution in [0.2, 0.25) is 5.15 Å². The fourth-order valence-electron chi connectivity index (χ4n) is 1.74. The van der Waals surface area contributed by atoms with E-state index in [2.05, 4.69) is 20.9 Å². The Bertz CT molecular complexity index is 518. The van der Waals surface area contributed by atoms with E-state index in [4.69, 9.17) is 11.6 Å². The van der Waals surface area contributed by atoms with Gasteiger partial charge in [-0.05, 0) is 34.8 Å². The smallest absolute Gasteiger partial charge is 0.242 e. The van der Waals surface area contributed by atoms with Crippen molar-refractivity contribution >= 4 is 37.6 Å². The molecule has 0 aromatic carbocycles. The Balaban J connectivity index is 3.25. The highest BCUT2D eigenvalue weighted by Gasteiger charge is 2.28. The normalized spacial score (nSPS) is 12.4. The van der Waals surface area contributed by atoms with Crippen LogP contribution in [0.1, 0.15) is 26.7 Å². The summed E-state index contributed by atoms with van der Waals surface area (Å²) in [6.45, 7) is 3.92. The van der Waals surface area contributed by atoms with Crippen LogP contribution >= 0.6 is 27.5 Å². The molecular formula is C11H16BrClN2O2S. The number of aromatic nitrogens is 1. The van der Waals surface area contributed by atoms with Gasteiger partial charge in [0.2, 0.25) is 10.0 Å². The summed E-state index contributed by atoms with van der Waals surface area (Å²) >= 11 is 9.08. The summed E-state index contributed by atoms with van der Waals surface area (Å²) in [7, 11) is -2.03. The van der Waals surface area contributed by atoms with Crippen molar-refractivity contribution in [3.63, 3.8) is 0 Å². The van der Waals surface area contributed by atoms with Crippen LogP contribution in [0.3, 0.4) is 0 Å². The zero-order valence-electron chi connectivity index (χ0n) is 10.5. The summed E-state index contributed by atoms with van der Waals surface area (Å²) in [5.41, 5.74) is 0. The number of rotatable bonds is 5. The van der Waals surface area contributed by atoms with Gasteiger partial charge in [-0.15, -0.1) is 0 Å². The Morgan fingerprint density at radius 3 is 2.50 bits per heavy atom. The molecule has 102 valence electrons. The van der Waals surface area contributed by atoms with Crippen molar-refractivity contribution in [2.45, 2.75) is 37.6 Å². The van der Waals surface area contributed by atoms with E-state index in [9.17, 15) is 8.42 Å². The van der Waals surface area contributed by atoms with E-state index in [1.54, 1.807) is 7.05 Å². The number of pyridine rings is 1. The van der Waals surface area contributed by atoms with Crippen LogP contribution < -0.4 is 0 Å². The molecule has 1 rings (SSSR count). The minimum Gasteiger partial charge on any atom is -0.242 e. The van der Waals surface area contributed by atoms with Gasteiger partial charge in [0, 0.05) is 23.8 Å². The lowest BCUT2D eigenvalue weighted by Crippen LogP contribution is -2.36. The topological polar surface area (TPSA) is 50.3 Å². The van der Waals surface area contributed by atoms with Gasteiger partial charge in [0.05, 0.1) is 0 Å². The van der Waals surface area contributed by atoms with Gasteiger partial charge in [0.25, 0.3) is 0 Å². The van der Waals surface area contributed by atoms with Crippen LogP contribution in [-0.4, -0.2) is 30.8 Å². The van der Waals surface area contributed by atoms with E-state index in [1.807, 2.05) is 13.8 Å². The average molecular weight is 356 g/mol. The SMILES string of the molecule is CCC(CC)N(C)S(=O)(=O)c1cc(Br)cnc1Cl. The first kappa shape index (κ1) is 15.9. The van der Waals surface area contributed by atoms with Crippen LogP contribution in [0, 0.1) is 0 Å². The molecule has 7 heteroatoms. The van der Waals surface area contributed by atoms with E-state index < -0.39 is 10.0 Å². The van der Waals surface area contributed by atoms with Crippen molar-refractivity contribution < 1.29 is 8.42 Å². The minimum atomic E-state index is -3.61. The maximum Gasteiger partial charge on any atom is 0.246 e. The molecule has 0 amide bonds. The molecule has 0 aliphatic heterocycles. The molecule has 0 aliphatic carbocycles. The van der Waals surface area contributed by atoms with Crippen molar-refractivity contribution in [1.82, 2.24) is 9.29 Å². The van der Waals surface area contributed by atoms with Gasteiger partial charge in [-0.2, -0.15) is 4.31 Å². The molecule has 0 unspecified atom stereocenters. The standard InChI is InChI=1S/C11H16BrClN2O2S/c1-4-9(5-2)15(3)18(16,17)10-6-8(12)7-14-11(10)13/h6-7,9H,4-5H2,1-3H3. The van der Waals surface area contributed by atoms with Crippen molar-refractivity contribution in [1.29, 1.82) is 0 Å². The number of hydrogen-bond acceptors (Lipinski definition) is 3. The molecule has 0 atom stereocenters. The van der Waals surface area contributed by atoms with Gasteiger partial charge in [0.1, 0.15) is 10.0 Å². The van der Waals surface area contributed by atoms with Crippen molar-refractivity contribution in [2.75, 3.05) is 7.05 Å². The first-order valence-electron chi connectivity index (χ1n) is 5.63. The molecule has 0 spiro atoms.